The molecule has 0 aromatic rings. The Balaban J connectivity index is 3.59. The van der Waals surface area contributed by atoms with Crippen molar-refractivity contribution in [2.75, 3.05) is 19.8 Å². The van der Waals surface area contributed by atoms with E-state index < -0.39 is 18.2 Å². The highest BCUT2D eigenvalue weighted by Crippen LogP contribution is 2.04. The number of hydrogen-bond acceptors (Lipinski definition) is 6. The van der Waals surface area contributed by atoms with E-state index in [0.29, 0.717) is 6.42 Å². The highest BCUT2D eigenvalue weighted by molar-refractivity contribution is 5.81. The molecule has 0 amide bonds. The number of carbonyl (C=O) groups is 2. The summed E-state index contributed by atoms with van der Waals surface area (Å²) >= 11 is 0. The number of aliphatic hydroxyl groups excluding tert-OH is 1. The lowest BCUT2D eigenvalue weighted by atomic mass is 10.1. The third kappa shape index (κ3) is 7.81. The number of ether oxygens (including phenoxy) is 3. The van der Waals surface area contributed by atoms with Gasteiger partial charge in [0, 0.05) is 6.08 Å². The number of hydrogen-bond donors (Lipinski definition) is 1. The van der Waals surface area contributed by atoms with Crippen molar-refractivity contribution in [3.8, 4) is 0 Å². The highest BCUT2D eigenvalue weighted by Gasteiger charge is 2.16. The maximum atomic E-state index is 11.3. The van der Waals surface area contributed by atoms with Gasteiger partial charge in [0.05, 0.1) is 12.5 Å². The first-order chi connectivity index (χ1) is 8.51. The number of aliphatic hydroxyl groups is 1. The van der Waals surface area contributed by atoms with Gasteiger partial charge < -0.3 is 19.3 Å². The maximum absolute atomic E-state index is 11.3. The molecule has 0 fully saturated rings. The Hall–Kier alpha value is -1.40. The van der Waals surface area contributed by atoms with Crippen molar-refractivity contribution >= 4 is 11.9 Å². The summed E-state index contributed by atoms with van der Waals surface area (Å²) in [6, 6.07) is 0. The van der Waals surface area contributed by atoms with Crippen molar-refractivity contribution in [3.05, 3.63) is 12.7 Å². The van der Waals surface area contributed by atoms with E-state index in [9.17, 15) is 14.7 Å². The lowest BCUT2D eigenvalue weighted by Gasteiger charge is -2.14. The predicted molar refractivity (Wildman–Crippen MR) is 63.5 cm³/mol. The summed E-state index contributed by atoms with van der Waals surface area (Å²) in [5.41, 5.74) is 0. The molecule has 6 heteroatoms. The van der Waals surface area contributed by atoms with Crippen molar-refractivity contribution in [1.82, 2.24) is 0 Å². The first kappa shape index (κ1) is 16.6. The van der Waals surface area contributed by atoms with Crippen LogP contribution in [0.2, 0.25) is 0 Å². The summed E-state index contributed by atoms with van der Waals surface area (Å²) < 4.78 is 14.3. The zero-order valence-corrected chi connectivity index (χ0v) is 10.8. The van der Waals surface area contributed by atoms with Crippen molar-refractivity contribution < 1.29 is 28.9 Å². The van der Waals surface area contributed by atoms with Crippen LogP contribution in [0.1, 0.15) is 20.3 Å². The van der Waals surface area contributed by atoms with E-state index >= 15 is 0 Å². The van der Waals surface area contributed by atoms with Gasteiger partial charge in [0.1, 0.15) is 13.2 Å². The molecule has 0 rings (SSSR count). The minimum atomic E-state index is -1.30. The van der Waals surface area contributed by atoms with E-state index in [0.717, 1.165) is 6.08 Å². The third-order valence-corrected chi connectivity index (χ3v) is 2.17. The average Bonchev–Trinajstić information content (AvgIpc) is 2.36. The lowest BCUT2D eigenvalue weighted by molar-refractivity contribution is -0.181. The number of rotatable bonds is 9. The van der Waals surface area contributed by atoms with Gasteiger partial charge in [-0.3, -0.25) is 4.79 Å². The van der Waals surface area contributed by atoms with Gasteiger partial charge in [-0.05, 0) is 6.42 Å². The molecule has 0 saturated carbocycles. The molecule has 0 spiro atoms. The fraction of sp³-hybridized carbons (Fsp3) is 0.667. The molecule has 0 aliphatic rings. The molecular formula is C12H20O6. The monoisotopic (exact) mass is 260 g/mol. The Labute approximate surface area is 107 Å². The Morgan fingerprint density at radius 1 is 1.39 bits per heavy atom. The van der Waals surface area contributed by atoms with Gasteiger partial charge in [0.2, 0.25) is 6.29 Å². The molecule has 2 unspecified atom stereocenters. The van der Waals surface area contributed by atoms with Crippen LogP contribution in [0, 0.1) is 5.92 Å². The van der Waals surface area contributed by atoms with Gasteiger partial charge >= 0.3 is 11.9 Å². The summed E-state index contributed by atoms with van der Waals surface area (Å²) in [6.07, 6.45) is 0.383. The molecule has 6 nitrogen and oxygen atoms in total. The van der Waals surface area contributed by atoms with E-state index in [1.807, 2.05) is 6.92 Å². The molecule has 0 radical (unpaired) electrons. The first-order valence-corrected chi connectivity index (χ1v) is 5.76. The maximum Gasteiger partial charge on any atom is 0.330 e. The number of esters is 2. The minimum absolute atomic E-state index is 0.0525. The first-order valence-electron chi connectivity index (χ1n) is 5.76. The largest absolute Gasteiger partial charge is 0.460 e. The molecule has 18 heavy (non-hydrogen) atoms. The van der Waals surface area contributed by atoms with Gasteiger partial charge in [-0.2, -0.15) is 0 Å². The van der Waals surface area contributed by atoms with Crippen LogP contribution in [0.4, 0.5) is 0 Å². The van der Waals surface area contributed by atoms with E-state index in [-0.39, 0.29) is 25.7 Å². The molecule has 104 valence electrons. The molecule has 0 saturated heterocycles. The number of carbonyl (C=O) groups excluding carboxylic acids is 2. The average molecular weight is 260 g/mol. The van der Waals surface area contributed by atoms with Crippen LogP contribution in [0.3, 0.4) is 0 Å². The Morgan fingerprint density at radius 2 is 2.06 bits per heavy atom. The topological polar surface area (TPSA) is 82.1 Å². The minimum Gasteiger partial charge on any atom is -0.460 e. The summed E-state index contributed by atoms with van der Waals surface area (Å²) in [6.45, 7) is 6.80. The van der Waals surface area contributed by atoms with Crippen molar-refractivity contribution in [2.24, 2.45) is 5.92 Å². The predicted octanol–water partition coefficient (Wildman–Crippen LogP) is 0.640. The fourth-order valence-electron chi connectivity index (χ4n) is 0.895. The Bertz CT molecular complexity index is 276. The normalized spacial score (nSPS) is 13.5. The standard InChI is InChI=1S/C12H20O6/c1-4-9(3)12(15)18-11(14)8-16-6-7-17-10(13)5-2/h5,9,11,14H,2,4,6-8H2,1,3H3. The lowest BCUT2D eigenvalue weighted by Crippen LogP contribution is -2.27. The van der Waals surface area contributed by atoms with Gasteiger partial charge in [-0.1, -0.05) is 20.4 Å². The zero-order valence-electron chi connectivity index (χ0n) is 10.8. The van der Waals surface area contributed by atoms with Crippen LogP contribution in [-0.4, -0.2) is 43.2 Å². The molecule has 0 heterocycles. The van der Waals surface area contributed by atoms with Crippen LogP contribution in [-0.2, 0) is 23.8 Å². The molecule has 0 bridgehead atoms. The molecule has 0 aromatic carbocycles. The van der Waals surface area contributed by atoms with Crippen LogP contribution >= 0.6 is 0 Å². The van der Waals surface area contributed by atoms with Crippen LogP contribution < -0.4 is 0 Å². The van der Waals surface area contributed by atoms with Crippen molar-refractivity contribution in [1.29, 1.82) is 0 Å². The Morgan fingerprint density at radius 3 is 2.61 bits per heavy atom. The van der Waals surface area contributed by atoms with E-state index in [1.165, 1.54) is 0 Å². The van der Waals surface area contributed by atoms with Crippen LogP contribution in [0.5, 0.6) is 0 Å². The van der Waals surface area contributed by atoms with E-state index in [1.54, 1.807) is 6.92 Å². The Kier molecular flexibility index (Phi) is 8.86. The smallest absolute Gasteiger partial charge is 0.330 e. The SMILES string of the molecule is C=CC(=O)OCCOCC(O)OC(=O)C(C)CC. The second-order valence-corrected chi connectivity index (χ2v) is 3.65. The van der Waals surface area contributed by atoms with Gasteiger partial charge in [-0.25, -0.2) is 4.79 Å². The second kappa shape index (κ2) is 9.61. The second-order valence-electron chi connectivity index (χ2n) is 3.65. The molecule has 0 aromatic heterocycles. The quantitative estimate of drug-likeness (QED) is 0.283. The van der Waals surface area contributed by atoms with E-state index in [2.05, 4.69) is 11.3 Å². The summed E-state index contributed by atoms with van der Waals surface area (Å²) in [5, 5.41) is 9.33. The molecule has 1 N–H and O–H groups in total. The molecule has 0 aliphatic heterocycles. The summed E-state index contributed by atoms with van der Waals surface area (Å²) in [7, 11) is 0. The van der Waals surface area contributed by atoms with E-state index in [4.69, 9.17) is 9.47 Å². The fourth-order valence-corrected chi connectivity index (χ4v) is 0.895. The molecule has 0 aliphatic carbocycles. The highest BCUT2D eigenvalue weighted by atomic mass is 16.7. The van der Waals surface area contributed by atoms with Gasteiger partial charge in [0.15, 0.2) is 0 Å². The molecule has 2 atom stereocenters. The summed E-state index contributed by atoms with van der Waals surface area (Å²) in [5.74, 6) is -1.26. The zero-order chi connectivity index (χ0) is 14.0. The van der Waals surface area contributed by atoms with Gasteiger partial charge in [-0.15, -0.1) is 0 Å². The third-order valence-electron chi connectivity index (χ3n) is 2.17. The molecular weight excluding hydrogens is 240 g/mol. The van der Waals surface area contributed by atoms with Crippen molar-refractivity contribution in [3.63, 3.8) is 0 Å². The van der Waals surface area contributed by atoms with Crippen LogP contribution in [0.25, 0.3) is 0 Å². The van der Waals surface area contributed by atoms with Crippen molar-refractivity contribution in [2.45, 2.75) is 26.6 Å². The van der Waals surface area contributed by atoms with Gasteiger partial charge in [0.25, 0.3) is 0 Å². The summed E-state index contributed by atoms with van der Waals surface area (Å²) in [4.78, 5) is 21.9. The van der Waals surface area contributed by atoms with Crippen LogP contribution in [0.15, 0.2) is 12.7 Å².